The maximum atomic E-state index is 11.3. The fourth-order valence-electron chi connectivity index (χ4n) is 2.16. The average Bonchev–Trinajstić information content (AvgIpc) is 2.32. The predicted molar refractivity (Wildman–Crippen MR) is 62.5 cm³/mol. The molecule has 0 saturated carbocycles. The van der Waals surface area contributed by atoms with E-state index >= 15 is 0 Å². The molecule has 1 aliphatic heterocycles. The van der Waals surface area contributed by atoms with E-state index in [1.165, 1.54) is 6.42 Å². The van der Waals surface area contributed by atoms with Crippen molar-refractivity contribution in [2.45, 2.75) is 57.6 Å². The highest BCUT2D eigenvalue weighted by Crippen LogP contribution is 2.17. The van der Waals surface area contributed by atoms with Crippen LogP contribution in [0.5, 0.6) is 0 Å². The molecular formula is C12H23NO3. The first-order valence-corrected chi connectivity index (χ1v) is 6.24. The molecule has 0 radical (unpaired) electrons. The minimum absolute atomic E-state index is 0.186. The first-order chi connectivity index (χ1) is 7.64. The first-order valence-electron chi connectivity index (χ1n) is 6.24. The summed E-state index contributed by atoms with van der Waals surface area (Å²) in [6.07, 6.45) is 4.74. The standard InChI is InChI=1S/C12H23NO3/c1-3-12(4-2,11(14)15)13-9-10-7-5-6-8-16-10/h10,13H,3-9H2,1-2H3,(H,14,15). The smallest absolute Gasteiger partial charge is 0.323 e. The molecule has 1 rings (SSSR count). The summed E-state index contributed by atoms with van der Waals surface area (Å²) in [5.41, 5.74) is -0.777. The van der Waals surface area contributed by atoms with Crippen LogP contribution in [0.2, 0.25) is 0 Å². The molecule has 4 nitrogen and oxygen atoms in total. The number of carbonyl (C=O) groups is 1. The number of hydrogen-bond acceptors (Lipinski definition) is 3. The van der Waals surface area contributed by atoms with Gasteiger partial charge in [-0.1, -0.05) is 13.8 Å². The van der Waals surface area contributed by atoms with Gasteiger partial charge in [-0.2, -0.15) is 0 Å². The van der Waals surface area contributed by atoms with Gasteiger partial charge in [-0.15, -0.1) is 0 Å². The maximum absolute atomic E-state index is 11.3. The lowest BCUT2D eigenvalue weighted by atomic mass is 9.92. The molecule has 0 spiro atoms. The quantitative estimate of drug-likeness (QED) is 0.729. The minimum atomic E-state index is -0.777. The van der Waals surface area contributed by atoms with Gasteiger partial charge in [0.15, 0.2) is 0 Å². The molecule has 4 heteroatoms. The molecule has 1 atom stereocenters. The molecule has 0 aromatic heterocycles. The van der Waals surface area contributed by atoms with Crippen LogP contribution in [-0.4, -0.2) is 35.9 Å². The molecule has 0 aromatic rings. The molecule has 2 N–H and O–H groups in total. The van der Waals surface area contributed by atoms with Crippen LogP contribution in [0.15, 0.2) is 0 Å². The second-order valence-electron chi connectivity index (χ2n) is 4.46. The van der Waals surface area contributed by atoms with Crippen molar-refractivity contribution in [1.82, 2.24) is 5.32 Å². The van der Waals surface area contributed by atoms with Gasteiger partial charge in [-0.3, -0.25) is 10.1 Å². The molecule has 94 valence electrons. The van der Waals surface area contributed by atoms with Crippen molar-refractivity contribution < 1.29 is 14.6 Å². The van der Waals surface area contributed by atoms with E-state index in [0.717, 1.165) is 19.4 Å². The van der Waals surface area contributed by atoms with E-state index in [-0.39, 0.29) is 6.10 Å². The molecule has 16 heavy (non-hydrogen) atoms. The molecule has 0 bridgehead atoms. The third-order valence-corrected chi connectivity index (χ3v) is 3.56. The van der Waals surface area contributed by atoms with Gasteiger partial charge in [0, 0.05) is 13.2 Å². The number of carboxylic acids is 1. The fraction of sp³-hybridized carbons (Fsp3) is 0.917. The van der Waals surface area contributed by atoms with Crippen molar-refractivity contribution in [2.24, 2.45) is 0 Å². The van der Waals surface area contributed by atoms with Crippen molar-refractivity contribution in [3.63, 3.8) is 0 Å². The highest BCUT2D eigenvalue weighted by atomic mass is 16.5. The van der Waals surface area contributed by atoms with E-state index in [1.807, 2.05) is 13.8 Å². The van der Waals surface area contributed by atoms with Crippen molar-refractivity contribution in [1.29, 1.82) is 0 Å². The summed E-state index contributed by atoms with van der Waals surface area (Å²) in [4.78, 5) is 11.3. The summed E-state index contributed by atoms with van der Waals surface area (Å²) in [7, 11) is 0. The number of aliphatic carboxylic acids is 1. The molecule has 1 aliphatic rings. The van der Waals surface area contributed by atoms with Gasteiger partial charge in [-0.05, 0) is 32.1 Å². The number of carboxylic acid groups (broad SMARTS) is 1. The molecule has 1 unspecified atom stereocenters. The van der Waals surface area contributed by atoms with E-state index in [1.54, 1.807) is 0 Å². The Bertz CT molecular complexity index is 220. The zero-order chi connectivity index (χ0) is 12.0. The molecule has 0 aliphatic carbocycles. The van der Waals surface area contributed by atoms with Gasteiger partial charge >= 0.3 is 5.97 Å². The van der Waals surface area contributed by atoms with E-state index in [0.29, 0.717) is 19.4 Å². The van der Waals surface area contributed by atoms with Gasteiger partial charge in [0.1, 0.15) is 5.54 Å². The van der Waals surface area contributed by atoms with Gasteiger partial charge in [0.05, 0.1) is 6.10 Å². The van der Waals surface area contributed by atoms with Crippen LogP contribution in [-0.2, 0) is 9.53 Å². The summed E-state index contributed by atoms with van der Waals surface area (Å²) in [5, 5.41) is 12.4. The van der Waals surface area contributed by atoms with Gasteiger partial charge in [0.25, 0.3) is 0 Å². The van der Waals surface area contributed by atoms with Crippen molar-refractivity contribution >= 4 is 5.97 Å². The monoisotopic (exact) mass is 229 g/mol. The van der Waals surface area contributed by atoms with Crippen molar-refractivity contribution in [3.05, 3.63) is 0 Å². The fourth-order valence-corrected chi connectivity index (χ4v) is 2.16. The van der Waals surface area contributed by atoms with Crippen LogP contribution in [0, 0.1) is 0 Å². The second-order valence-corrected chi connectivity index (χ2v) is 4.46. The molecule has 0 aromatic carbocycles. The Morgan fingerprint density at radius 1 is 1.44 bits per heavy atom. The molecule has 1 fully saturated rings. The van der Waals surface area contributed by atoms with E-state index in [4.69, 9.17) is 4.74 Å². The number of hydrogen-bond donors (Lipinski definition) is 2. The summed E-state index contributed by atoms with van der Waals surface area (Å²) < 4.78 is 5.59. The summed E-state index contributed by atoms with van der Waals surface area (Å²) in [6.45, 7) is 5.28. The Morgan fingerprint density at radius 2 is 2.12 bits per heavy atom. The van der Waals surface area contributed by atoms with E-state index in [2.05, 4.69) is 5.32 Å². The number of nitrogens with one attached hydrogen (secondary N) is 1. The van der Waals surface area contributed by atoms with Gasteiger partial charge in [0.2, 0.25) is 0 Å². The Kier molecular flexibility index (Phi) is 5.22. The largest absolute Gasteiger partial charge is 0.480 e. The molecule has 1 heterocycles. The topological polar surface area (TPSA) is 58.6 Å². The Labute approximate surface area is 97.4 Å². The zero-order valence-electron chi connectivity index (χ0n) is 10.3. The van der Waals surface area contributed by atoms with Crippen LogP contribution in [0.3, 0.4) is 0 Å². The van der Waals surface area contributed by atoms with Gasteiger partial charge in [-0.25, -0.2) is 0 Å². The lowest BCUT2D eigenvalue weighted by Crippen LogP contribution is -2.53. The van der Waals surface area contributed by atoms with E-state index in [9.17, 15) is 9.90 Å². The zero-order valence-corrected chi connectivity index (χ0v) is 10.3. The molecular weight excluding hydrogens is 206 g/mol. The number of rotatable bonds is 6. The van der Waals surface area contributed by atoms with Crippen molar-refractivity contribution in [2.75, 3.05) is 13.2 Å². The van der Waals surface area contributed by atoms with Crippen LogP contribution in [0.4, 0.5) is 0 Å². The van der Waals surface area contributed by atoms with Crippen LogP contribution in [0.1, 0.15) is 46.0 Å². The lowest BCUT2D eigenvalue weighted by molar-refractivity contribution is -0.145. The Balaban J connectivity index is 2.45. The molecule has 1 saturated heterocycles. The van der Waals surface area contributed by atoms with Crippen LogP contribution >= 0.6 is 0 Å². The average molecular weight is 229 g/mol. The van der Waals surface area contributed by atoms with Crippen LogP contribution < -0.4 is 5.32 Å². The lowest BCUT2D eigenvalue weighted by Gasteiger charge is -2.31. The van der Waals surface area contributed by atoms with Crippen molar-refractivity contribution in [3.8, 4) is 0 Å². The third-order valence-electron chi connectivity index (χ3n) is 3.56. The van der Waals surface area contributed by atoms with Crippen LogP contribution in [0.25, 0.3) is 0 Å². The summed E-state index contributed by atoms with van der Waals surface area (Å²) >= 11 is 0. The summed E-state index contributed by atoms with van der Waals surface area (Å²) in [6, 6.07) is 0. The van der Waals surface area contributed by atoms with E-state index < -0.39 is 11.5 Å². The third kappa shape index (κ3) is 3.19. The predicted octanol–water partition coefficient (Wildman–Crippen LogP) is 1.79. The molecule has 0 amide bonds. The SMILES string of the molecule is CCC(CC)(NCC1CCCCO1)C(=O)O. The highest BCUT2D eigenvalue weighted by Gasteiger charge is 2.34. The first kappa shape index (κ1) is 13.5. The Morgan fingerprint density at radius 3 is 2.56 bits per heavy atom. The Hall–Kier alpha value is -0.610. The highest BCUT2D eigenvalue weighted by molar-refractivity contribution is 5.78. The normalized spacial score (nSPS) is 22.0. The summed E-state index contributed by atoms with van der Waals surface area (Å²) in [5.74, 6) is -0.756. The number of ether oxygens (including phenoxy) is 1. The second kappa shape index (κ2) is 6.21. The van der Waals surface area contributed by atoms with Gasteiger partial charge < -0.3 is 9.84 Å². The maximum Gasteiger partial charge on any atom is 0.323 e. The minimum Gasteiger partial charge on any atom is -0.480 e.